The lowest BCUT2D eigenvalue weighted by Crippen LogP contribution is -2.23. The van der Waals surface area contributed by atoms with Gasteiger partial charge >= 0.3 is 0 Å². The van der Waals surface area contributed by atoms with Gasteiger partial charge in [0.2, 0.25) is 0 Å². The second-order valence-corrected chi connectivity index (χ2v) is 5.40. The minimum absolute atomic E-state index is 0.575. The van der Waals surface area contributed by atoms with Crippen molar-refractivity contribution in [1.82, 2.24) is 4.98 Å². The van der Waals surface area contributed by atoms with E-state index in [1.165, 1.54) is 17.7 Å². The first-order valence-electron chi connectivity index (χ1n) is 6.52. The van der Waals surface area contributed by atoms with E-state index in [2.05, 4.69) is 29.8 Å². The van der Waals surface area contributed by atoms with Crippen molar-refractivity contribution in [2.75, 3.05) is 18.0 Å². The van der Waals surface area contributed by atoms with Crippen LogP contribution < -0.4 is 10.6 Å². The summed E-state index contributed by atoms with van der Waals surface area (Å²) >= 11 is 0. The normalized spacial score (nSPS) is 20.3. The highest BCUT2D eigenvalue weighted by Gasteiger charge is 2.26. The number of anilines is 1. The molecule has 1 saturated heterocycles. The zero-order chi connectivity index (χ0) is 12.4. The Labute approximate surface area is 104 Å². The first-order valence-corrected chi connectivity index (χ1v) is 6.52. The lowest BCUT2D eigenvalue weighted by molar-refractivity contribution is 0.422. The zero-order valence-electron chi connectivity index (χ0n) is 11.1. The Morgan fingerprint density at radius 1 is 1.53 bits per heavy atom. The summed E-state index contributed by atoms with van der Waals surface area (Å²) in [6.45, 7) is 9.56. The third-order valence-electron chi connectivity index (χ3n) is 3.83. The van der Waals surface area contributed by atoms with E-state index in [0.29, 0.717) is 6.54 Å². The van der Waals surface area contributed by atoms with E-state index in [1.807, 2.05) is 13.1 Å². The topological polar surface area (TPSA) is 42.1 Å². The Hall–Kier alpha value is -1.09. The summed E-state index contributed by atoms with van der Waals surface area (Å²) in [6.07, 6.45) is 3.22. The molecular formula is C14H23N3. The molecule has 2 N–H and O–H groups in total. The Bertz CT molecular complexity index is 387. The summed E-state index contributed by atoms with van der Waals surface area (Å²) in [4.78, 5) is 6.80. The van der Waals surface area contributed by atoms with Crippen molar-refractivity contribution in [3.05, 3.63) is 23.5 Å². The number of hydrogen-bond acceptors (Lipinski definition) is 3. The van der Waals surface area contributed by atoms with Crippen LogP contribution in [-0.2, 0) is 6.54 Å². The van der Waals surface area contributed by atoms with E-state index in [0.717, 1.165) is 30.6 Å². The molecule has 3 heteroatoms. The maximum Gasteiger partial charge on any atom is 0.0445 e. The Morgan fingerprint density at radius 3 is 2.88 bits per heavy atom. The molecule has 0 radical (unpaired) electrons. The SMILES string of the molecule is Cc1cc(N2CCC(C(C)C)C2)c(CN)cn1. The number of rotatable bonds is 3. The van der Waals surface area contributed by atoms with Gasteiger partial charge in [-0.25, -0.2) is 0 Å². The van der Waals surface area contributed by atoms with Crippen LogP contribution in [0.1, 0.15) is 31.5 Å². The van der Waals surface area contributed by atoms with Crippen molar-refractivity contribution in [1.29, 1.82) is 0 Å². The van der Waals surface area contributed by atoms with Crippen LogP contribution >= 0.6 is 0 Å². The van der Waals surface area contributed by atoms with Crippen LogP contribution in [0.4, 0.5) is 5.69 Å². The molecule has 1 aromatic rings. The summed E-state index contributed by atoms with van der Waals surface area (Å²) in [7, 11) is 0. The number of hydrogen-bond donors (Lipinski definition) is 1. The van der Waals surface area contributed by atoms with Crippen LogP contribution in [0.25, 0.3) is 0 Å². The molecular weight excluding hydrogens is 210 g/mol. The zero-order valence-corrected chi connectivity index (χ0v) is 11.1. The van der Waals surface area contributed by atoms with E-state index in [4.69, 9.17) is 5.73 Å². The Morgan fingerprint density at radius 2 is 2.29 bits per heavy atom. The Kier molecular flexibility index (Phi) is 3.67. The maximum absolute atomic E-state index is 5.80. The monoisotopic (exact) mass is 233 g/mol. The number of aromatic nitrogens is 1. The third-order valence-corrected chi connectivity index (χ3v) is 3.83. The number of nitrogens with zero attached hydrogens (tertiary/aromatic N) is 2. The van der Waals surface area contributed by atoms with Crippen molar-refractivity contribution < 1.29 is 0 Å². The first kappa shape index (κ1) is 12.4. The molecule has 0 amide bonds. The van der Waals surface area contributed by atoms with E-state index in [-0.39, 0.29) is 0 Å². The molecule has 0 saturated carbocycles. The standard InChI is InChI=1S/C14H23N3/c1-10(2)12-4-5-17(9-12)14-6-11(3)16-8-13(14)7-15/h6,8,10,12H,4-5,7,9,15H2,1-3H3. The number of aryl methyl sites for hydroxylation is 1. The van der Waals surface area contributed by atoms with Crippen molar-refractivity contribution in [2.45, 2.75) is 33.7 Å². The fraction of sp³-hybridized carbons (Fsp3) is 0.643. The van der Waals surface area contributed by atoms with Crippen LogP contribution in [0.15, 0.2) is 12.3 Å². The van der Waals surface area contributed by atoms with E-state index >= 15 is 0 Å². The summed E-state index contributed by atoms with van der Waals surface area (Å²) < 4.78 is 0. The molecule has 17 heavy (non-hydrogen) atoms. The minimum Gasteiger partial charge on any atom is -0.371 e. The van der Waals surface area contributed by atoms with Gasteiger partial charge in [-0.2, -0.15) is 0 Å². The number of nitrogens with two attached hydrogens (primary N) is 1. The molecule has 3 nitrogen and oxygen atoms in total. The Balaban J connectivity index is 2.20. The second kappa shape index (κ2) is 5.05. The third kappa shape index (κ3) is 2.60. The van der Waals surface area contributed by atoms with Gasteiger partial charge in [0.05, 0.1) is 0 Å². The molecule has 1 aromatic heterocycles. The van der Waals surface area contributed by atoms with Gasteiger partial charge in [-0.1, -0.05) is 13.8 Å². The molecule has 1 aliphatic rings. The van der Waals surface area contributed by atoms with Gasteiger partial charge in [-0.15, -0.1) is 0 Å². The van der Waals surface area contributed by atoms with Gasteiger partial charge in [0.25, 0.3) is 0 Å². The van der Waals surface area contributed by atoms with Gasteiger partial charge < -0.3 is 10.6 Å². The molecule has 0 spiro atoms. The van der Waals surface area contributed by atoms with Gasteiger partial charge in [-0.3, -0.25) is 4.98 Å². The van der Waals surface area contributed by atoms with Gasteiger partial charge in [0.1, 0.15) is 0 Å². The quantitative estimate of drug-likeness (QED) is 0.871. The maximum atomic E-state index is 5.80. The lowest BCUT2D eigenvalue weighted by atomic mass is 9.95. The predicted molar refractivity (Wildman–Crippen MR) is 72.0 cm³/mol. The van der Waals surface area contributed by atoms with Gasteiger partial charge in [-0.05, 0) is 31.2 Å². The molecule has 1 unspecified atom stereocenters. The molecule has 94 valence electrons. The summed E-state index contributed by atoms with van der Waals surface area (Å²) in [6, 6.07) is 2.17. The molecule has 0 aromatic carbocycles. The van der Waals surface area contributed by atoms with Crippen LogP contribution in [0.5, 0.6) is 0 Å². The smallest absolute Gasteiger partial charge is 0.0445 e. The molecule has 2 heterocycles. The molecule has 2 rings (SSSR count). The van der Waals surface area contributed by atoms with Crippen LogP contribution in [0, 0.1) is 18.8 Å². The van der Waals surface area contributed by atoms with Crippen molar-refractivity contribution in [2.24, 2.45) is 17.6 Å². The summed E-state index contributed by atoms with van der Waals surface area (Å²) in [5, 5.41) is 0. The first-order chi connectivity index (χ1) is 8.11. The van der Waals surface area contributed by atoms with Crippen LogP contribution in [0.2, 0.25) is 0 Å². The lowest BCUT2D eigenvalue weighted by Gasteiger charge is -2.22. The molecule has 0 bridgehead atoms. The molecule has 1 atom stereocenters. The van der Waals surface area contributed by atoms with Crippen molar-refractivity contribution >= 4 is 5.69 Å². The van der Waals surface area contributed by atoms with Crippen molar-refractivity contribution in [3.8, 4) is 0 Å². The van der Waals surface area contributed by atoms with E-state index in [9.17, 15) is 0 Å². The van der Waals surface area contributed by atoms with Crippen molar-refractivity contribution in [3.63, 3.8) is 0 Å². The van der Waals surface area contributed by atoms with Gasteiger partial charge in [0.15, 0.2) is 0 Å². The largest absolute Gasteiger partial charge is 0.371 e. The minimum atomic E-state index is 0.575. The molecule has 1 aliphatic heterocycles. The molecule has 0 aliphatic carbocycles. The highest BCUT2D eigenvalue weighted by Crippen LogP contribution is 2.30. The molecule has 1 fully saturated rings. The van der Waals surface area contributed by atoms with Crippen LogP contribution in [0.3, 0.4) is 0 Å². The average molecular weight is 233 g/mol. The van der Waals surface area contributed by atoms with Gasteiger partial charge in [0, 0.05) is 42.8 Å². The summed E-state index contributed by atoms with van der Waals surface area (Å²) in [5.41, 5.74) is 9.33. The highest BCUT2D eigenvalue weighted by molar-refractivity contribution is 5.54. The van der Waals surface area contributed by atoms with E-state index < -0.39 is 0 Å². The average Bonchev–Trinajstić information content (AvgIpc) is 2.78. The van der Waals surface area contributed by atoms with Crippen LogP contribution in [-0.4, -0.2) is 18.1 Å². The van der Waals surface area contributed by atoms with E-state index in [1.54, 1.807) is 0 Å². The highest BCUT2D eigenvalue weighted by atomic mass is 15.2. The predicted octanol–water partition coefficient (Wildman–Crippen LogP) is 2.33. The fourth-order valence-electron chi connectivity index (χ4n) is 2.58. The summed E-state index contributed by atoms with van der Waals surface area (Å²) in [5.74, 6) is 1.58. The fourth-order valence-corrected chi connectivity index (χ4v) is 2.58. The second-order valence-electron chi connectivity index (χ2n) is 5.40. The number of pyridine rings is 1.